The van der Waals surface area contributed by atoms with E-state index in [9.17, 15) is 0 Å². The van der Waals surface area contributed by atoms with Gasteiger partial charge in [0.15, 0.2) is 0 Å². The van der Waals surface area contributed by atoms with Crippen LogP contribution in [0.25, 0.3) is 23.3 Å². The molecule has 0 fully saturated rings. The first-order valence-electron chi connectivity index (χ1n) is 9.47. The van der Waals surface area contributed by atoms with E-state index in [-0.39, 0.29) is 59.1 Å². The van der Waals surface area contributed by atoms with Gasteiger partial charge in [0, 0.05) is 0 Å². The van der Waals surface area contributed by atoms with Crippen LogP contribution in [0.15, 0.2) is 133 Å². The zero-order chi connectivity index (χ0) is 19.3. The van der Waals surface area contributed by atoms with Gasteiger partial charge in [0.25, 0.3) is 0 Å². The van der Waals surface area contributed by atoms with Crippen molar-refractivity contribution in [2.24, 2.45) is 0 Å². The van der Waals surface area contributed by atoms with Crippen molar-refractivity contribution < 1.29 is 0 Å². The third-order valence-corrected chi connectivity index (χ3v) is 4.17. The van der Waals surface area contributed by atoms with Crippen molar-refractivity contribution in [3.63, 3.8) is 0 Å². The van der Waals surface area contributed by atoms with Crippen LogP contribution in [0, 0.1) is 0 Å². The van der Waals surface area contributed by atoms with Crippen molar-refractivity contribution in [1.82, 2.24) is 0 Å². The van der Waals surface area contributed by atoms with Crippen LogP contribution in [0.1, 0.15) is 11.1 Å². The fourth-order valence-corrected chi connectivity index (χ4v) is 2.72. The maximum atomic E-state index is 2.12. The van der Waals surface area contributed by atoms with E-state index in [1.54, 1.807) is 0 Å². The van der Waals surface area contributed by atoms with Gasteiger partial charge in [-0.25, -0.2) is 0 Å². The summed E-state index contributed by atoms with van der Waals surface area (Å²) in [7, 11) is 0. The fraction of sp³-hybridized carbons (Fsp3) is 0. The maximum Gasteiger partial charge on any atom is -0.0184 e. The molecule has 0 nitrogen and oxygen atoms in total. The molecule has 0 aliphatic heterocycles. The molecule has 4 rings (SSSR count). The van der Waals surface area contributed by atoms with Gasteiger partial charge in [-0.05, 0) is 22.3 Å². The van der Waals surface area contributed by atoms with Crippen molar-refractivity contribution in [3.05, 3.63) is 145 Å². The molecule has 30 heavy (non-hydrogen) atoms. The van der Waals surface area contributed by atoms with Crippen molar-refractivity contribution in [2.45, 2.75) is 0 Å². The molecule has 0 amide bonds. The second kappa shape index (κ2) is 16.1. The molecule has 2 heteroatoms. The largest absolute Gasteiger partial charge is 0.0622 e. The molecular formula is C28H26Na2. The van der Waals surface area contributed by atoms with Crippen LogP contribution in [-0.4, -0.2) is 59.1 Å². The quantitative estimate of drug-likeness (QED) is 0.268. The number of benzene rings is 4. The molecule has 0 N–H and O–H groups in total. The Morgan fingerprint density at radius 2 is 0.600 bits per heavy atom. The number of hydrogen-bond acceptors (Lipinski definition) is 0. The monoisotopic (exact) mass is 408 g/mol. The van der Waals surface area contributed by atoms with E-state index in [1.165, 1.54) is 22.3 Å². The van der Waals surface area contributed by atoms with Gasteiger partial charge in [-0.15, -0.1) is 0 Å². The number of hydrogen-bond donors (Lipinski definition) is 0. The summed E-state index contributed by atoms with van der Waals surface area (Å²) in [4.78, 5) is 0. The van der Waals surface area contributed by atoms with Crippen LogP contribution in [0.4, 0.5) is 0 Å². The molecule has 4 aromatic rings. The molecule has 0 aromatic heterocycles. The summed E-state index contributed by atoms with van der Waals surface area (Å²) in [6, 6.07) is 41.4. The van der Waals surface area contributed by atoms with Crippen LogP contribution < -0.4 is 0 Å². The summed E-state index contributed by atoms with van der Waals surface area (Å²) in [5.74, 6) is 0. The minimum absolute atomic E-state index is 0. The molecule has 0 aliphatic carbocycles. The smallest absolute Gasteiger partial charge is 0.0184 e. The van der Waals surface area contributed by atoms with Crippen molar-refractivity contribution in [2.75, 3.05) is 0 Å². The first-order chi connectivity index (χ1) is 13.9. The third-order valence-electron chi connectivity index (χ3n) is 4.17. The standard InChI is InChI=1S/C16H14.C12H10.2Na.2H/c1-3-9-15(10-4-1)13-7-8-14-16-11-5-2-6-12-16;1-3-7-11(8-4-1)12-9-5-2-6-10-12;;;;/h1-14H;1-10H;;;;/b13-7+,14-8+;;;;;. The summed E-state index contributed by atoms with van der Waals surface area (Å²) in [6.07, 6.45) is 8.31. The molecule has 0 aliphatic rings. The van der Waals surface area contributed by atoms with E-state index >= 15 is 0 Å². The number of allylic oxidation sites excluding steroid dienone is 2. The van der Waals surface area contributed by atoms with Crippen LogP contribution >= 0.6 is 0 Å². The van der Waals surface area contributed by atoms with E-state index in [0.717, 1.165) is 0 Å². The molecule has 0 spiro atoms. The van der Waals surface area contributed by atoms with Gasteiger partial charge in [0.05, 0.1) is 0 Å². The van der Waals surface area contributed by atoms with Crippen molar-refractivity contribution in [3.8, 4) is 11.1 Å². The normalized spacial score (nSPS) is 9.87. The minimum Gasteiger partial charge on any atom is -0.0622 e. The molecule has 0 unspecified atom stereocenters. The molecule has 0 radical (unpaired) electrons. The SMILES string of the molecule is C(/C=C/c1ccccc1)=C\c1ccccc1.[NaH].[NaH].c1ccc(-c2ccccc2)cc1. The molecule has 0 saturated heterocycles. The van der Waals surface area contributed by atoms with Crippen LogP contribution in [0.3, 0.4) is 0 Å². The minimum atomic E-state index is 0. The van der Waals surface area contributed by atoms with E-state index in [2.05, 4.69) is 97.1 Å². The van der Waals surface area contributed by atoms with Crippen LogP contribution in [0.5, 0.6) is 0 Å². The van der Waals surface area contributed by atoms with Gasteiger partial charge < -0.3 is 0 Å². The Morgan fingerprint density at radius 1 is 0.333 bits per heavy atom. The molecular weight excluding hydrogens is 382 g/mol. The van der Waals surface area contributed by atoms with Crippen LogP contribution in [-0.2, 0) is 0 Å². The van der Waals surface area contributed by atoms with E-state index < -0.39 is 0 Å². The van der Waals surface area contributed by atoms with E-state index in [1.807, 2.05) is 48.5 Å². The third kappa shape index (κ3) is 9.91. The maximum absolute atomic E-state index is 2.12. The zero-order valence-electron chi connectivity index (χ0n) is 15.9. The Morgan fingerprint density at radius 3 is 0.900 bits per heavy atom. The summed E-state index contributed by atoms with van der Waals surface area (Å²) < 4.78 is 0. The summed E-state index contributed by atoms with van der Waals surface area (Å²) in [6.45, 7) is 0. The van der Waals surface area contributed by atoms with Gasteiger partial charge in [-0.1, -0.05) is 146 Å². The van der Waals surface area contributed by atoms with Crippen molar-refractivity contribution >= 4 is 71.3 Å². The van der Waals surface area contributed by atoms with Crippen molar-refractivity contribution in [1.29, 1.82) is 0 Å². The number of rotatable bonds is 4. The molecule has 0 saturated carbocycles. The fourth-order valence-electron chi connectivity index (χ4n) is 2.72. The van der Waals surface area contributed by atoms with Crippen LogP contribution in [0.2, 0.25) is 0 Å². The Kier molecular flexibility index (Phi) is 14.2. The van der Waals surface area contributed by atoms with Gasteiger partial charge in [-0.2, -0.15) is 0 Å². The predicted octanol–water partition coefficient (Wildman–Crippen LogP) is 6.47. The van der Waals surface area contributed by atoms with Gasteiger partial charge in [0.1, 0.15) is 0 Å². The Labute approximate surface area is 225 Å². The molecule has 0 bridgehead atoms. The molecule has 4 aromatic carbocycles. The summed E-state index contributed by atoms with van der Waals surface area (Å²) >= 11 is 0. The molecule has 140 valence electrons. The second-order valence-electron chi connectivity index (χ2n) is 6.27. The average Bonchev–Trinajstić information content (AvgIpc) is 2.80. The predicted molar refractivity (Wildman–Crippen MR) is 137 cm³/mol. The van der Waals surface area contributed by atoms with E-state index in [4.69, 9.17) is 0 Å². The first-order valence-corrected chi connectivity index (χ1v) is 9.47. The van der Waals surface area contributed by atoms with Gasteiger partial charge >= 0.3 is 59.1 Å². The Balaban J connectivity index is 0.000000290. The first kappa shape index (κ1) is 26.4. The average molecular weight is 408 g/mol. The van der Waals surface area contributed by atoms with E-state index in [0.29, 0.717) is 0 Å². The molecule has 0 heterocycles. The zero-order valence-corrected chi connectivity index (χ0v) is 15.9. The Bertz CT molecular complexity index is 893. The van der Waals surface area contributed by atoms with Gasteiger partial charge in [0.2, 0.25) is 0 Å². The second-order valence-corrected chi connectivity index (χ2v) is 6.27. The Hall–Kier alpha value is -1.64. The summed E-state index contributed by atoms with van der Waals surface area (Å²) in [5, 5.41) is 0. The van der Waals surface area contributed by atoms with Gasteiger partial charge in [-0.3, -0.25) is 0 Å². The summed E-state index contributed by atoms with van der Waals surface area (Å²) in [5.41, 5.74) is 5.00. The topological polar surface area (TPSA) is 0 Å². The molecule has 0 atom stereocenters.